The highest BCUT2D eigenvalue weighted by atomic mass is 32.2. The molecule has 3 rings (SSSR count). The predicted molar refractivity (Wildman–Crippen MR) is 96.7 cm³/mol. The number of rotatable bonds is 5. The Bertz CT molecular complexity index is 808. The molecule has 0 atom stereocenters. The molecule has 0 saturated carbocycles. The second-order valence-electron chi connectivity index (χ2n) is 5.63. The Morgan fingerprint density at radius 2 is 1.87 bits per heavy atom. The highest BCUT2D eigenvalue weighted by molar-refractivity contribution is 7.98. The number of hydrogen-bond acceptors (Lipinski definition) is 2. The van der Waals surface area contributed by atoms with E-state index in [1.807, 2.05) is 31.4 Å². The topological polar surface area (TPSA) is 36.1 Å². The summed E-state index contributed by atoms with van der Waals surface area (Å²) in [5.74, 6) is 0.128. The Morgan fingerprint density at radius 1 is 1.13 bits per heavy atom. The molecular weight excluding hydrogens is 304 g/mol. The van der Waals surface area contributed by atoms with Crippen molar-refractivity contribution < 1.29 is 4.79 Å². The Morgan fingerprint density at radius 3 is 2.61 bits per heavy atom. The molecule has 0 saturated heterocycles. The largest absolute Gasteiger partial charge is 0.361 e. The Kier molecular flexibility index (Phi) is 4.72. The SMILES string of the molecule is CSc1ccc(CN(C)C(=O)Cc2c[nH]c3ccccc23)cc1. The van der Waals surface area contributed by atoms with Gasteiger partial charge in [0.05, 0.1) is 6.42 Å². The van der Waals surface area contributed by atoms with Crippen molar-refractivity contribution in [3.05, 3.63) is 65.9 Å². The van der Waals surface area contributed by atoms with E-state index >= 15 is 0 Å². The van der Waals surface area contributed by atoms with Gasteiger partial charge in [0.15, 0.2) is 0 Å². The summed E-state index contributed by atoms with van der Waals surface area (Å²) in [6.07, 6.45) is 4.42. The zero-order valence-corrected chi connectivity index (χ0v) is 14.2. The third-order valence-electron chi connectivity index (χ3n) is 4.02. The first-order valence-electron chi connectivity index (χ1n) is 7.59. The van der Waals surface area contributed by atoms with Gasteiger partial charge >= 0.3 is 0 Å². The molecule has 23 heavy (non-hydrogen) atoms. The zero-order chi connectivity index (χ0) is 16.2. The maximum atomic E-state index is 12.5. The molecule has 0 radical (unpaired) electrons. The van der Waals surface area contributed by atoms with Crippen molar-refractivity contribution in [2.24, 2.45) is 0 Å². The number of carbonyl (C=O) groups excluding carboxylic acids is 1. The normalized spacial score (nSPS) is 10.9. The van der Waals surface area contributed by atoms with Gasteiger partial charge in [0, 0.05) is 35.6 Å². The van der Waals surface area contributed by atoms with Crippen LogP contribution in [0.2, 0.25) is 0 Å². The quantitative estimate of drug-likeness (QED) is 0.718. The molecule has 0 aliphatic carbocycles. The van der Waals surface area contributed by atoms with Crippen LogP contribution >= 0.6 is 11.8 Å². The van der Waals surface area contributed by atoms with Gasteiger partial charge in [-0.3, -0.25) is 4.79 Å². The fourth-order valence-electron chi connectivity index (χ4n) is 2.67. The van der Waals surface area contributed by atoms with Crippen LogP contribution in [0.5, 0.6) is 0 Å². The van der Waals surface area contributed by atoms with Crippen molar-refractivity contribution in [1.82, 2.24) is 9.88 Å². The fraction of sp³-hybridized carbons (Fsp3) is 0.211. The molecule has 3 aromatic rings. The lowest BCUT2D eigenvalue weighted by molar-refractivity contribution is -0.129. The van der Waals surface area contributed by atoms with Crippen molar-refractivity contribution in [2.75, 3.05) is 13.3 Å². The molecule has 0 aliphatic rings. The summed E-state index contributed by atoms with van der Waals surface area (Å²) in [7, 11) is 1.86. The second kappa shape index (κ2) is 6.92. The van der Waals surface area contributed by atoms with Gasteiger partial charge in [-0.05, 0) is 35.6 Å². The van der Waals surface area contributed by atoms with E-state index in [4.69, 9.17) is 0 Å². The minimum atomic E-state index is 0.128. The van der Waals surface area contributed by atoms with E-state index in [9.17, 15) is 4.79 Å². The van der Waals surface area contributed by atoms with E-state index in [1.165, 1.54) is 4.90 Å². The molecule has 1 N–H and O–H groups in total. The minimum absolute atomic E-state index is 0.128. The molecular formula is C19H20N2OS. The van der Waals surface area contributed by atoms with Crippen molar-refractivity contribution in [2.45, 2.75) is 17.9 Å². The highest BCUT2D eigenvalue weighted by Gasteiger charge is 2.13. The molecule has 3 nitrogen and oxygen atoms in total. The molecule has 2 aromatic carbocycles. The first-order valence-corrected chi connectivity index (χ1v) is 8.82. The van der Waals surface area contributed by atoms with E-state index in [1.54, 1.807) is 16.7 Å². The lowest BCUT2D eigenvalue weighted by atomic mass is 10.1. The van der Waals surface area contributed by atoms with Gasteiger partial charge in [-0.1, -0.05) is 30.3 Å². The average Bonchev–Trinajstić information content (AvgIpc) is 2.98. The lowest BCUT2D eigenvalue weighted by Crippen LogP contribution is -2.27. The highest BCUT2D eigenvalue weighted by Crippen LogP contribution is 2.19. The molecule has 1 aromatic heterocycles. The third kappa shape index (κ3) is 3.59. The summed E-state index contributed by atoms with van der Waals surface area (Å²) >= 11 is 1.72. The van der Waals surface area contributed by atoms with Crippen LogP contribution < -0.4 is 0 Å². The smallest absolute Gasteiger partial charge is 0.227 e. The van der Waals surface area contributed by atoms with Crippen LogP contribution in [-0.2, 0) is 17.8 Å². The molecule has 0 spiro atoms. The predicted octanol–water partition coefficient (Wildman–Crippen LogP) is 4.09. The van der Waals surface area contributed by atoms with Crippen LogP contribution in [0.15, 0.2) is 59.6 Å². The summed E-state index contributed by atoms with van der Waals surface area (Å²) in [6.45, 7) is 0.635. The Balaban J connectivity index is 1.67. The van der Waals surface area contributed by atoms with Crippen molar-refractivity contribution in [3.63, 3.8) is 0 Å². The van der Waals surface area contributed by atoms with Gasteiger partial charge in [0.1, 0.15) is 0 Å². The van der Waals surface area contributed by atoms with E-state index in [-0.39, 0.29) is 5.91 Å². The molecule has 4 heteroatoms. The van der Waals surface area contributed by atoms with Gasteiger partial charge in [0.25, 0.3) is 0 Å². The number of thioether (sulfide) groups is 1. The number of likely N-dealkylation sites (N-methyl/N-ethyl adjacent to an activating group) is 1. The van der Waals surface area contributed by atoms with Crippen LogP contribution in [0.25, 0.3) is 10.9 Å². The number of benzene rings is 2. The van der Waals surface area contributed by atoms with Crippen molar-refractivity contribution >= 4 is 28.6 Å². The standard InChI is InChI=1S/C19H20N2OS/c1-21(13-14-7-9-16(23-2)10-8-14)19(22)11-15-12-20-18-6-4-3-5-17(15)18/h3-10,12,20H,11,13H2,1-2H3. The van der Waals surface area contributed by atoms with Crippen molar-refractivity contribution in [1.29, 1.82) is 0 Å². The van der Waals surface area contributed by atoms with Gasteiger partial charge in [-0.2, -0.15) is 0 Å². The number of fused-ring (bicyclic) bond motifs is 1. The van der Waals surface area contributed by atoms with E-state index in [0.717, 1.165) is 22.0 Å². The molecule has 0 bridgehead atoms. The summed E-state index contributed by atoms with van der Waals surface area (Å²) in [6, 6.07) is 16.4. The van der Waals surface area contributed by atoms with E-state index in [2.05, 4.69) is 41.6 Å². The summed E-state index contributed by atoms with van der Waals surface area (Å²) < 4.78 is 0. The maximum absolute atomic E-state index is 12.5. The zero-order valence-electron chi connectivity index (χ0n) is 13.4. The first kappa shape index (κ1) is 15.7. The summed E-state index contributed by atoms with van der Waals surface area (Å²) in [5, 5.41) is 1.12. The number of nitrogens with zero attached hydrogens (tertiary/aromatic N) is 1. The summed E-state index contributed by atoms with van der Waals surface area (Å²) in [4.78, 5) is 18.7. The molecule has 118 valence electrons. The number of aromatic amines is 1. The number of amides is 1. The molecule has 0 fully saturated rings. The molecule has 1 heterocycles. The van der Waals surface area contributed by atoms with Crippen LogP contribution in [-0.4, -0.2) is 29.1 Å². The number of H-pyrrole nitrogens is 1. The van der Waals surface area contributed by atoms with Crippen LogP contribution in [0.3, 0.4) is 0 Å². The first-order chi connectivity index (χ1) is 11.2. The van der Waals surface area contributed by atoms with Gasteiger partial charge in [0.2, 0.25) is 5.91 Å². The Labute approximate surface area is 140 Å². The monoisotopic (exact) mass is 324 g/mol. The lowest BCUT2D eigenvalue weighted by Gasteiger charge is -2.17. The number of aromatic nitrogens is 1. The average molecular weight is 324 g/mol. The summed E-state index contributed by atoms with van der Waals surface area (Å²) in [5.41, 5.74) is 3.28. The Hall–Kier alpha value is -2.20. The second-order valence-corrected chi connectivity index (χ2v) is 6.51. The molecule has 0 unspecified atom stereocenters. The number of para-hydroxylation sites is 1. The van der Waals surface area contributed by atoms with Crippen LogP contribution in [0.1, 0.15) is 11.1 Å². The third-order valence-corrected chi connectivity index (χ3v) is 4.76. The fourth-order valence-corrected chi connectivity index (χ4v) is 3.08. The van der Waals surface area contributed by atoms with Crippen LogP contribution in [0.4, 0.5) is 0 Å². The number of nitrogens with one attached hydrogen (secondary N) is 1. The van der Waals surface area contributed by atoms with Gasteiger partial charge in [-0.25, -0.2) is 0 Å². The van der Waals surface area contributed by atoms with E-state index in [0.29, 0.717) is 13.0 Å². The van der Waals surface area contributed by atoms with E-state index < -0.39 is 0 Å². The maximum Gasteiger partial charge on any atom is 0.227 e. The molecule has 1 amide bonds. The number of carbonyl (C=O) groups is 1. The van der Waals surface area contributed by atoms with Gasteiger partial charge < -0.3 is 9.88 Å². The molecule has 0 aliphatic heterocycles. The van der Waals surface area contributed by atoms with Crippen molar-refractivity contribution in [3.8, 4) is 0 Å². The van der Waals surface area contributed by atoms with Gasteiger partial charge in [-0.15, -0.1) is 11.8 Å². The minimum Gasteiger partial charge on any atom is -0.361 e. The number of hydrogen-bond donors (Lipinski definition) is 1. The van der Waals surface area contributed by atoms with Crippen LogP contribution in [0, 0.1) is 0 Å².